The predicted molar refractivity (Wildman–Crippen MR) is 132 cm³/mol. The lowest BCUT2D eigenvalue weighted by molar-refractivity contribution is -0.129. The van der Waals surface area contributed by atoms with Gasteiger partial charge in [-0.3, -0.25) is 9.97 Å². The van der Waals surface area contributed by atoms with Crippen molar-refractivity contribution < 1.29 is 5.11 Å². The molecular weight excluding hydrogens is 392 g/mol. The highest BCUT2D eigenvalue weighted by atomic mass is 16.3. The van der Waals surface area contributed by atoms with Gasteiger partial charge in [-0.25, -0.2) is 0 Å². The smallest absolute Gasteiger partial charge is 0.0586 e. The zero-order chi connectivity index (χ0) is 22.9. The molecule has 0 saturated heterocycles. The van der Waals surface area contributed by atoms with E-state index in [1.54, 1.807) is 6.20 Å². The first-order valence-corrected chi connectivity index (χ1v) is 13.8. The van der Waals surface area contributed by atoms with Gasteiger partial charge in [-0.15, -0.1) is 0 Å². The first-order chi connectivity index (χ1) is 15.4. The van der Waals surface area contributed by atoms with Crippen LogP contribution in [-0.4, -0.2) is 21.2 Å². The monoisotopic (exact) mass is 440 g/mol. The Bertz CT molecular complexity index is 738. The van der Waals surface area contributed by atoms with Gasteiger partial charge in [0.25, 0.3) is 0 Å². The number of hydrogen-bond acceptors (Lipinski definition) is 3. The minimum atomic E-state index is -0.0282. The number of aromatic nitrogens is 2. The summed E-state index contributed by atoms with van der Waals surface area (Å²) in [5.41, 5.74) is 2.19. The van der Waals surface area contributed by atoms with Crippen molar-refractivity contribution >= 4 is 0 Å². The fourth-order valence-electron chi connectivity index (χ4n) is 9.25. The minimum absolute atomic E-state index is 0.0282. The van der Waals surface area contributed by atoms with Gasteiger partial charge in [0.2, 0.25) is 0 Å². The second-order valence-corrected chi connectivity index (χ2v) is 12.0. The Labute approximate surface area is 197 Å². The van der Waals surface area contributed by atoms with Crippen molar-refractivity contribution in [3.8, 4) is 0 Å². The summed E-state index contributed by atoms with van der Waals surface area (Å²) >= 11 is 0. The quantitative estimate of drug-likeness (QED) is 0.543. The first-order valence-electron chi connectivity index (χ1n) is 13.8. The standard InChI is InChI=1S/C27H42N2O.C2H6/c1-18(4-6-20-17-28-14-15-29-20)23-8-9-24-22-7-5-19-16-21(30)10-12-26(19,2)25(22)11-13-27(23,24)3;1-2/h14-15,17-19,21-25,30H,4-13,16H2,1-3H3;1-2H3. The summed E-state index contributed by atoms with van der Waals surface area (Å²) in [6.45, 7) is 11.8. The molecule has 0 aromatic carbocycles. The lowest BCUT2D eigenvalue weighted by Gasteiger charge is -2.61. The van der Waals surface area contributed by atoms with Crippen LogP contribution in [0, 0.1) is 46.3 Å². The molecule has 1 heterocycles. The van der Waals surface area contributed by atoms with E-state index >= 15 is 0 Å². The number of rotatable bonds is 4. The van der Waals surface area contributed by atoms with Crippen molar-refractivity contribution in [1.29, 1.82) is 0 Å². The normalized spacial score (nSPS) is 43.8. The Morgan fingerprint density at radius 3 is 2.47 bits per heavy atom. The van der Waals surface area contributed by atoms with Crippen molar-refractivity contribution in [2.45, 2.75) is 111 Å². The summed E-state index contributed by atoms with van der Waals surface area (Å²) in [6.07, 6.45) is 19.8. The molecule has 4 aliphatic carbocycles. The number of fused-ring (bicyclic) bond motifs is 5. The molecule has 4 fully saturated rings. The largest absolute Gasteiger partial charge is 0.393 e. The molecule has 32 heavy (non-hydrogen) atoms. The van der Waals surface area contributed by atoms with Gasteiger partial charge in [-0.1, -0.05) is 34.6 Å². The Balaban J connectivity index is 0.00000119. The van der Waals surface area contributed by atoms with Gasteiger partial charge in [0.05, 0.1) is 11.8 Å². The molecule has 0 bridgehead atoms. The van der Waals surface area contributed by atoms with Crippen LogP contribution in [0.1, 0.15) is 105 Å². The molecule has 0 aliphatic heterocycles. The van der Waals surface area contributed by atoms with Crippen LogP contribution in [0.3, 0.4) is 0 Å². The molecule has 9 unspecified atom stereocenters. The van der Waals surface area contributed by atoms with Gasteiger partial charge in [0.1, 0.15) is 0 Å². The van der Waals surface area contributed by atoms with Crippen molar-refractivity contribution in [2.24, 2.45) is 46.3 Å². The van der Waals surface area contributed by atoms with Gasteiger partial charge in [0, 0.05) is 18.6 Å². The molecule has 3 heteroatoms. The molecule has 1 aromatic heterocycles. The maximum Gasteiger partial charge on any atom is 0.0586 e. The van der Waals surface area contributed by atoms with Crippen LogP contribution in [0.25, 0.3) is 0 Å². The van der Waals surface area contributed by atoms with E-state index in [4.69, 9.17) is 0 Å². The molecule has 9 atom stereocenters. The fourth-order valence-corrected chi connectivity index (χ4v) is 9.25. The van der Waals surface area contributed by atoms with E-state index in [0.29, 0.717) is 10.8 Å². The number of aryl methyl sites for hydroxylation is 1. The van der Waals surface area contributed by atoms with E-state index in [0.717, 1.165) is 60.5 Å². The Hall–Kier alpha value is -0.960. The molecule has 0 spiro atoms. The molecule has 4 saturated carbocycles. The lowest BCUT2D eigenvalue weighted by atomic mass is 9.44. The number of hydrogen-bond donors (Lipinski definition) is 1. The van der Waals surface area contributed by atoms with Crippen LogP contribution in [0.15, 0.2) is 18.6 Å². The molecule has 3 nitrogen and oxygen atoms in total. The number of aliphatic hydroxyl groups excluding tert-OH is 1. The minimum Gasteiger partial charge on any atom is -0.393 e. The van der Waals surface area contributed by atoms with Crippen molar-refractivity contribution in [1.82, 2.24) is 9.97 Å². The Morgan fingerprint density at radius 1 is 0.969 bits per heavy atom. The maximum absolute atomic E-state index is 10.3. The highest BCUT2D eigenvalue weighted by molar-refractivity contribution is 5.10. The summed E-state index contributed by atoms with van der Waals surface area (Å²) < 4.78 is 0. The average molecular weight is 441 g/mol. The fraction of sp³-hybridized carbons (Fsp3) is 0.862. The van der Waals surface area contributed by atoms with E-state index in [2.05, 4.69) is 30.7 Å². The molecule has 1 N–H and O–H groups in total. The third-order valence-corrected chi connectivity index (χ3v) is 10.9. The van der Waals surface area contributed by atoms with Crippen LogP contribution in [-0.2, 0) is 6.42 Å². The Kier molecular flexibility index (Phi) is 7.35. The molecule has 0 amide bonds. The summed E-state index contributed by atoms with van der Waals surface area (Å²) in [5.74, 6) is 5.21. The van der Waals surface area contributed by atoms with Gasteiger partial charge in [0.15, 0.2) is 0 Å². The van der Waals surface area contributed by atoms with Crippen LogP contribution in [0.4, 0.5) is 0 Å². The van der Waals surface area contributed by atoms with Crippen LogP contribution >= 0.6 is 0 Å². The summed E-state index contributed by atoms with van der Waals surface area (Å²) in [6, 6.07) is 0. The summed E-state index contributed by atoms with van der Waals surface area (Å²) in [7, 11) is 0. The highest BCUT2D eigenvalue weighted by Gasteiger charge is 2.60. The van der Waals surface area contributed by atoms with Crippen LogP contribution < -0.4 is 0 Å². The number of aliphatic hydroxyl groups is 1. The van der Waals surface area contributed by atoms with Crippen LogP contribution in [0.2, 0.25) is 0 Å². The SMILES string of the molecule is CC.CC(CCc1cnccn1)C1CCC2C3CCC4CC(O)CCC4(C)C3CCC12C. The predicted octanol–water partition coefficient (Wildman–Crippen LogP) is 7.09. The van der Waals surface area contributed by atoms with Gasteiger partial charge < -0.3 is 5.11 Å². The van der Waals surface area contributed by atoms with Crippen molar-refractivity contribution in [3.63, 3.8) is 0 Å². The maximum atomic E-state index is 10.3. The second-order valence-electron chi connectivity index (χ2n) is 12.0. The third kappa shape index (κ3) is 4.17. The average Bonchev–Trinajstić information content (AvgIpc) is 3.17. The molecule has 4 aliphatic rings. The molecule has 5 rings (SSSR count). The first kappa shape index (κ1) is 24.2. The van der Waals surface area contributed by atoms with E-state index in [1.165, 1.54) is 51.4 Å². The topological polar surface area (TPSA) is 46.0 Å². The molecule has 1 aromatic rings. The van der Waals surface area contributed by atoms with E-state index in [1.807, 2.05) is 26.2 Å². The van der Waals surface area contributed by atoms with Gasteiger partial charge >= 0.3 is 0 Å². The van der Waals surface area contributed by atoms with Crippen molar-refractivity contribution in [2.75, 3.05) is 0 Å². The molecule has 0 radical (unpaired) electrons. The zero-order valence-electron chi connectivity index (χ0n) is 21.4. The van der Waals surface area contributed by atoms with E-state index in [9.17, 15) is 5.11 Å². The lowest BCUT2D eigenvalue weighted by Crippen LogP contribution is -2.54. The summed E-state index contributed by atoms with van der Waals surface area (Å²) in [5, 5.41) is 10.3. The third-order valence-electron chi connectivity index (χ3n) is 10.9. The van der Waals surface area contributed by atoms with Gasteiger partial charge in [-0.2, -0.15) is 0 Å². The van der Waals surface area contributed by atoms with Crippen molar-refractivity contribution in [3.05, 3.63) is 24.3 Å². The molecule has 180 valence electrons. The summed E-state index contributed by atoms with van der Waals surface area (Å²) in [4.78, 5) is 8.75. The Morgan fingerprint density at radius 2 is 1.72 bits per heavy atom. The van der Waals surface area contributed by atoms with E-state index < -0.39 is 0 Å². The second kappa shape index (κ2) is 9.72. The molecular formula is C29H48N2O. The van der Waals surface area contributed by atoms with E-state index in [-0.39, 0.29) is 6.10 Å². The highest BCUT2D eigenvalue weighted by Crippen LogP contribution is 2.68. The zero-order valence-corrected chi connectivity index (χ0v) is 21.4. The van der Waals surface area contributed by atoms with Crippen LogP contribution in [0.5, 0.6) is 0 Å². The number of nitrogens with zero attached hydrogens (tertiary/aromatic N) is 2. The van der Waals surface area contributed by atoms with Gasteiger partial charge in [-0.05, 0) is 117 Å².